The first-order valence-electron chi connectivity index (χ1n) is 5.44. The quantitative estimate of drug-likeness (QED) is 0.778. The second-order valence-electron chi connectivity index (χ2n) is 3.81. The van der Waals surface area contributed by atoms with Crippen LogP contribution in [0.4, 0.5) is 0 Å². The SMILES string of the molecule is CCC(C(=O)O)C(=O)N(C)Cc1ccccn1. The molecule has 0 saturated heterocycles. The van der Waals surface area contributed by atoms with E-state index in [4.69, 9.17) is 5.11 Å². The van der Waals surface area contributed by atoms with Crippen LogP contribution in [0.2, 0.25) is 0 Å². The molecule has 0 aromatic carbocycles. The number of nitrogens with zero attached hydrogens (tertiary/aromatic N) is 2. The lowest BCUT2D eigenvalue weighted by atomic mass is 10.1. The molecule has 0 radical (unpaired) electrons. The highest BCUT2D eigenvalue weighted by molar-refractivity contribution is 5.96. The molecule has 0 saturated carbocycles. The van der Waals surface area contributed by atoms with Gasteiger partial charge in [0.05, 0.1) is 12.2 Å². The number of rotatable bonds is 5. The van der Waals surface area contributed by atoms with Gasteiger partial charge in [0.1, 0.15) is 5.92 Å². The van der Waals surface area contributed by atoms with E-state index in [0.29, 0.717) is 13.0 Å². The molecule has 17 heavy (non-hydrogen) atoms. The molecular formula is C12H16N2O3. The highest BCUT2D eigenvalue weighted by Gasteiger charge is 2.27. The molecule has 1 heterocycles. The maximum Gasteiger partial charge on any atom is 0.316 e. The van der Waals surface area contributed by atoms with Crippen LogP contribution in [0, 0.1) is 5.92 Å². The van der Waals surface area contributed by atoms with E-state index in [2.05, 4.69) is 4.98 Å². The van der Waals surface area contributed by atoms with Gasteiger partial charge in [0.2, 0.25) is 5.91 Å². The van der Waals surface area contributed by atoms with Crippen molar-refractivity contribution in [1.29, 1.82) is 0 Å². The van der Waals surface area contributed by atoms with Gasteiger partial charge in [0.25, 0.3) is 0 Å². The van der Waals surface area contributed by atoms with Gasteiger partial charge in [-0.15, -0.1) is 0 Å². The van der Waals surface area contributed by atoms with E-state index in [1.165, 1.54) is 4.90 Å². The van der Waals surface area contributed by atoms with Crippen molar-refractivity contribution in [3.8, 4) is 0 Å². The summed E-state index contributed by atoms with van der Waals surface area (Å²) in [5.74, 6) is -2.43. The summed E-state index contributed by atoms with van der Waals surface area (Å²) in [6, 6.07) is 5.41. The third kappa shape index (κ3) is 3.55. The minimum atomic E-state index is -1.08. The fraction of sp³-hybridized carbons (Fsp3) is 0.417. The largest absolute Gasteiger partial charge is 0.481 e. The van der Waals surface area contributed by atoms with Crippen molar-refractivity contribution in [1.82, 2.24) is 9.88 Å². The minimum absolute atomic E-state index is 0.292. The van der Waals surface area contributed by atoms with Gasteiger partial charge in [0.15, 0.2) is 0 Å². The van der Waals surface area contributed by atoms with Gasteiger partial charge >= 0.3 is 5.97 Å². The highest BCUT2D eigenvalue weighted by Crippen LogP contribution is 2.09. The number of aromatic nitrogens is 1. The van der Waals surface area contributed by atoms with Gasteiger partial charge in [-0.1, -0.05) is 13.0 Å². The van der Waals surface area contributed by atoms with Crippen LogP contribution in [-0.2, 0) is 16.1 Å². The molecule has 0 fully saturated rings. The lowest BCUT2D eigenvalue weighted by Crippen LogP contribution is -2.36. The van der Waals surface area contributed by atoms with Gasteiger partial charge in [0, 0.05) is 13.2 Å². The standard InChI is InChI=1S/C12H16N2O3/c1-3-10(12(16)17)11(15)14(2)8-9-6-4-5-7-13-9/h4-7,10H,3,8H2,1-2H3,(H,16,17). The molecule has 1 aromatic rings. The maximum absolute atomic E-state index is 11.8. The molecule has 92 valence electrons. The summed E-state index contributed by atoms with van der Waals surface area (Å²) in [5, 5.41) is 8.90. The summed E-state index contributed by atoms with van der Waals surface area (Å²) in [6.45, 7) is 2.01. The number of aliphatic carboxylic acids is 1. The Morgan fingerprint density at radius 3 is 2.65 bits per heavy atom. The van der Waals surface area contributed by atoms with Gasteiger partial charge in [-0.2, -0.15) is 0 Å². The number of carbonyl (C=O) groups is 2. The summed E-state index contributed by atoms with van der Waals surface area (Å²) in [7, 11) is 1.59. The lowest BCUT2D eigenvalue weighted by molar-refractivity contribution is -0.151. The van der Waals surface area contributed by atoms with Gasteiger partial charge in [-0.05, 0) is 18.6 Å². The van der Waals surface area contributed by atoms with Gasteiger partial charge in [-0.3, -0.25) is 14.6 Å². The summed E-state index contributed by atoms with van der Waals surface area (Å²) in [4.78, 5) is 28.2. The average Bonchev–Trinajstić information content (AvgIpc) is 2.30. The Labute approximate surface area is 100 Å². The number of pyridine rings is 1. The van der Waals surface area contributed by atoms with E-state index in [9.17, 15) is 9.59 Å². The van der Waals surface area contributed by atoms with Crippen LogP contribution in [0.25, 0.3) is 0 Å². The van der Waals surface area contributed by atoms with Crippen LogP contribution in [0.15, 0.2) is 24.4 Å². The fourth-order valence-electron chi connectivity index (χ4n) is 1.53. The van der Waals surface area contributed by atoms with Gasteiger partial charge in [-0.25, -0.2) is 0 Å². The molecule has 1 aromatic heterocycles. The van der Waals surface area contributed by atoms with Crippen LogP contribution in [-0.4, -0.2) is 33.9 Å². The second-order valence-corrected chi connectivity index (χ2v) is 3.81. The number of carbonyl (C=O) groups excluding carboxylic acids is 1. The van der Waals surface area contributed by atoms with Crippen LogP contribution in [0.1, 0.15) is 19.0 Å². The van der Waals surface area contributed by atoms with E-state index in [1.54, 1.807) is 32.3 Å². The zero-order valence-corrected chi connectivity index (χ0v) is 9.96. The van der Waals surface area contributed by atoms with Crippen LogP contribution in [0.5, 0.6) is 0 Å². The first-order chi connectivity index (χ1) is 8.06. The van der Waals surface area contributed by atoms with E-state index in [1.807, 2.05) is 6.07 Å². The number of carboxylic acid groups (broad SMARTS) is 1. The molecule has 0 spiro atoms. The van der Waals surface area contributed by atoms with E-state index in [0.717, 1.165) is 5.69 Å². The number of amides is 1. The summed E-state index contributed by atoms with van der Waals surface area (Å²) in [5.41, 5.74) is 0.739. The van der Waals surface area contributed by atoms with Crippen molar-refractivity contribution in [2.24, 2.45) is 5.92 Å². The fourth-order valence-corrected chi connectivity index (χ4v) is 1.53. The number of hydrogen-bond acceptors (Lipinski definition) is 3. The normalized spacial score (nSPS) is 11.9. The molecule has 1 amide bonds. The van der Waals surface area contributed by atoms with E-state index >= 15 is 0 Å². The second kappa shape index (κ2) is 5.98. The van der Waals surface area contributed by atoms with Crippen LogP contribution >= 0.6 is 0 Å². The molecule has 1 atom stereocenters. The molecule has 0 aliphatic heterocycles. The Hall–Kier alpha value is -1.91. The highest BCUT2D eigenvalue weighted by atomic mass is 16.4. The van der Waals surface area contributed by atoms with Crippen molar-refractivity contribution >= 4 is 11.9 Å². The summed E-state index contributed by atoms with van der Waals surface area (Å²) >= 11 is 0. The predicted octanol–water partition coefficient (Wildman–Crippen LogP) is 1.15. The lowest BCUT2D eigenvalue weighted by Gasteiger charge is -2.20. The molecule has 5 heteroatoms. The Kier molecular flexibility index (Phi) is 4.63. The topological polar surface area (TPSA) is 70.5 Å². The Balaban J connectivity index is 2.67. The third-order valence-electron chi connectivity index (χ3n) is 2.51. The molecular weight excluding hydrogens is 220 g/mol. The predicted molar refractivity (Wildman–Crippen MR) is 62.1 cm³/mol. The molecule has 0 bridgehead atoms. The Morgan fingerprint density at radius 1 is 1.47 bits per heavy atom. The molecule has 1 rings (SSSR count). The van der Waals surface area contributed by atoms with Gasteiger partial charge < -0.3 is 10.0 Å². The number of hydrogen-bond donors (Lipinski definition) is 1. The monoisotopic (exact) mass is 236 g/mol. The smallest absolute Gasteiger partial charge is 0.316 e. The summed E-state index contributed by atoms with van der Waals surface area (Å²) in [6.07, 6.45) is 1.93. The van der Waals surface area contributed by atoms with Crippen LogP contribution in [0.3, 0.4) is 0 Å². The third-order valence-corrected chi connectivity index (χ3v) is 2.51. The van der Waals surface area contributed by atoms with Crippen molar-refractivity contribution in [3.05, 3.63) is 30.1 Å². The zero-order chi connectivity index (χ0) is 12.8. The molecule has 0 aliphatic carbocycles. The number of carboxylic acids is 1. The minimum Gasteiger partial charge on any atom is -0.481 e. The van der Waals surface area contributed by atoms with Crippen molar-refractivity contribution in [2.75, 3.05) is 7.05 Å². The average molecular weight is 236 g/mol. The molecule has 1 unspecified atom stereocenters. The maximum atomic E-state index is 11.8. The van der Waals surface area contributed by atoms with E-state index in [-0.39, 0.29) is 5.91 Å². The molecule has 0 aliphatic rings. The first kappa shape index (κ1) is 13.2. The van der Waals surface area contributed by atoms with Crippen molar-refractivity contribution in [2.45, 2.75) is 19.9 Å². The van der Waals surface area contributed by atoms with Crippen molar-refractivity contribution in [3.63, 3.8) is 0 Å². The Bertz CT molecular complexity index is 392. The summed E-state index contributed by atoms with van der Waals surface area (Å²) < 4.78 is 0. The van der Waals surface area contributed by atoms with Crippen molar-refractivity contribution < 1.29 is 14.7 Å². The molecule has 1 N–H and O–H groups in total. The zero-order valence-electron chi connectivity index (χ0n) is 9.96. The van der Waals surface area contributed by atoms with E-state index < -0.39 is 11.9 Å². The molecule has 5 nitrogen and oxygen atoms in total. The van der Waals surface area contributed by atoms with Crippen LogP contribution < -0.4 is 0 Å². The first-order valence-corrected chi connectivity index (χ1v) is 5.44. The Morgan fingerprint density at radius 2 is 2.18 bits per heavy atom.